The molecule has 1 amide bonds. The third-order valence-corrected chi connectivity index (χ3v) is 3.48. The zero-order chi connectivity index (χ0) is 13.8. The lowest BCUT2D eigenvalue weighted by Gasteiger charge is -2.24. The van der Waals surface area contributed by atoms with Crippen molar-refractivity contribution in [2.24, 2.45) is 5.73 Å². The van der Waals surface area contributed by atoms with Gasteiger partial charge in [-0.3, -0.25) is 4.90 Å². The summed E-state index contributed by atoms with van der Waals surface area (Å²) < 4.78 is 10.3. The minimum atomic E-state index is -0.384. The largest absolute Gasteiger partial charge is 0.465 e. The molecule has 2 unspecified atom stereocenters. The van der Waals surface area contributed by atoms with Crippen LogP contribution in [0.25, 0.3) is 0 Å². The molecule has 1 aliphatic heterocycles. The first-order valence-corrected chi connectivity index (χ1v) is 6.49. The fraction of sp³-hybridized carbons (Fsp3) is 0.615. The van der Waals surface area contributed by atoms with Gasteiger partial charge in [0.05, 0.1) is 13.2 Å². The molecule has 106 valence electrons. The van der Waals surface area contributed by atoms with Crippen molar-refractivity contribution in [1.82, 2.24) is 10.2 Å². The second-order valence-corrected chi connectivity index (χ2v) is 4.82. The summed E-state index contributed by atoms with van der Waals surface area (Å²) in [4.78, 5) is 13.4. The van der Waals surface area contributed by atoms with Crippen LogP contribution >= 0.6 is 0 Å². The van der Waals surface area contributed by atoms with E-state index in [4.69, 9.17) is 10.2 Å². The van der Waals surface area contributed by atoms with Crippen molar-refractivity contribution in [1.29, 1.82) is 0 Å². The fourth-order valence-electron chi connectivity index (χ4n) is 2.49. The Labute approximate surface area is 112 Å². The first-order chi connectivity index (χ1) is 9.13. The summed E-state index contributed by atoms with van der Waals surface area (Å²) in [6, 6.07) is 4.09. The van der Waals surface area contributed by atoms with Gasteiger partial charge < -0.3 is 20.2 Å². The van der Waals surface area contributed by atoms with Crippen LogP contribution in [-0.2, 0) is 4.74 Å². The van der Waals surface area contributed by atoms with Crippen LogP contribution < -0.4 is 11.1 Å². The van der Waals surface area contributed by atoms with E-state index in [0.29, 0.717) is 6.54 Å². The lowest BCUT2D eigenvalue weighted by atomic mass is 10.2. The molecule has 0 radical (unpaired) electrons. The van der Waals surface area contributed by atoms with E-state index in [1.807, 2.05) is 19.1 Å². The monoisotopic (exact) mass is 267 g/mol. The summed E-state index contributed by atoms with van der Waals surface area (Å²) in [5, 5.41) is 2.82. The highest BCUT2D eigenvalue weighted by molar-refractivity contribution is 5.67. The fourth-order valence-corrected chi connectivity index (χ4v) is 2.49. The highest BCUT2D eigenvalue weighted by Gasteiger charge is 2.30. The first kappa shape index (κ1) is 13.9. The number of likely N-dealkylation sites (tertiary alicyclic amines) is 1. The van der Waals surface area contributed by atoms with Crippen LogP contribution in [0.2, 0.25) is 0 Å². The summed E-state index contributed by atoms with van der Waals surface area (Å²) in [6.45, 7) is 4.06. The van der Waals surface area contributed by atoms with Crippen molar-refractivity contribution in [2.75, 3.05) is 26.7 Å². The first-order valence-electron chi connectivity index (χ1n) is 6.49. The number of nitrogens with one attached hydrogen (secondary N) is 1. The number of hydrogen-bond acceptors (Lipinski definition) is 5. The van der Waals surface area contributed by atoms with E-state index in [1.54, 1.807) is 0 Å². The molecule has 1 aromatic rings. The molecule has 1 aromatic heterocycles. The normalized spacial score (nSPS) is 21.3. The molecule has 6 nitrogen and oxygen atoms in total. The maximum absolute atomic E-state index is 11.2. The van der Waals surface area contributed by atoms with Crippen LogP contribution in [0.5, 0.6) is 0 Å². The third-order valence-electron chi connectivity index (χ3n) is 3.48. The van der Waals surface area contributed by atoms with Crippen molar-refractivity contribution in [3.05, 3.63) is 23.7 Å². The zero-order valence-electron chi connectivity index (χ0n) is 11.4. The van der Waals surface area contributed by atoms with E-state index in [9.17, 15) is 4.79 Å². The molecule has 3 N–H and O–H groups in total. The van der Waals surface area contributed by atoms with Gasteiger partial charge in [-0.15, -0.1) is 0 Å². The van der Waals surface area contributed by atoms with Crippen LogP contribution in [0.4, 0.5) is 4.79 Å². The third kappa shape index (κ3) is 3.27. The molecule has 6 heteroatoms. The summed E-state index contributed by atoms with van der Waals surface area (Å²) in [5.74, 6) is 1.77. The topological polar surface area (TPSA) is 80.7 Å². The molecule has 19 heavy (non-hydrogen) atoms. The SMILES string of the molecule is COC(=O)NC1CCN(C(CN)c2ccc(C)o2)C1. The predicted octanol–water partition coefficient (Wildman–Crippen LogP) is 1.02. The molecule has 0 aliphatic carbocycles. The Morgan fingerprint density at radius 3 is 3.05 bits per heavy atom. The molecule has 1 saturated heterocycles. The number of aryl methyl sites for hydroxylation is 1. The average Bonchev–Trinajstić information content (AvgIpc) is 3.01. The van der Waals surface area contributed by atoms with Gasteiger partial charge in [0.15, 0.2) is 0 Å². The van der Waals surface area contributed by atoms with Gasteiger partial charge in [-0.25, -0.2) is 4.79 Å². The number of carbonyl (C=O) groups is 1. The Morgan fingerprint density at radius 2 is 2.47 bits per heavy atom. The summed E-state index contributed by atoms with van der Waals surface area (Å²) in [7, 11) is 1.37. The number of nitrogens with two attached hydrogens (primary N) is 1. The van der Waals surface area contributed by atoms with E-state index >= 15 is 0 Å². The van der Waals surface area contributed by atoms with Gasteiger partial charge in [0.1, 0.15) is 11.5 Å². The molecule has 0 bridgehead atoms. The quantitative estimate of drug-likeness (QED) is 0.851. The van der Waals surface area contributed by atoms with E-state index < -0.39 is 0 Å². The Morgan fingerprint density at radius 1 is 1.68 bits per heavy atom. The van der Waals surface area contributed by atoms with Gasteiger partial charge >= 0.3 is 6.09 Å². The molecule has 0 saturated carbocycles. The van der Waals surface area contributed by atoms with Crippen LogP contribution in [0.15, 0.2) is 16.5 Å². The van der Waals surface area contributed by atoms with Crippen LogP contribution in [0.3, 0.4) is 0 Å². The highest BCUT2D eigenvalue weighted by Crippen LogP contribution is 2.25. The number of ether oxygens (including phenoxy) is 1. The van der Waals surface area contributed by atoms with Gasteiger partial charge in [0.2, 0.25) is 0 Å². The second-order valence-electron chi connectivity index (χ2n) is 4.82. The predicted molar refractivity (Wildman–Crippen MR) is 70.8 cm³/mol. The van der Waals surface area contributed by atoms with Gasteiger partial charge in [0, 0.05) is 25.7 Å². The highest BCUT2D eigenvalue weighted by atomic mass is 16.5. The molecular formula is C13H21N3O3. The number of nitrogens with zero attached hydrogens (tertiary/aromatic N) is 1. The number of carbonyl (C=O) groups excluding carboxylic acids is 1. The zero-order valence-corrected chi connectivity index (χ0v) is 11.4. The number of methoxy groups -OCH3 is 1. The molecule has 1 fully saturated rings. The minimum absolute atomic E-state index is 0.0677. The minimum Gasteiger partial charge on any atom is -0.465 e. The number of alkyl carbamates (subject to hydrolysis) is 1. The number of rotatable bonds is 4. The van der Waals surface area contributed by atoms with Crippen molar-refractivity contribution in [3.63, 3.8) is 0 Å². The lowest BCUT2D eigenvalue weighted by molar-refractivity contribution is 0.164. The van der Waals surface area contributed by atoms with Crippen molar-refractivity contribution >= 4 is 6.09 Å². The Bertz CT molecular complexity index is 433. The Kier molecular flexibility index (Phi) is 4.44. The Balaban J connectivity index is 1.96. The van der Waals surface area contributed by atoms with Gasteiger partial charge in [-0.1, -0.05) is 0 Å². The molecule has 2 heterocycles. The number of hydrogen-bond donors (Lipinski definition) is 2. The van der Waals surface area contributed by atoms with Gasteiger partial charge in [-0.2, -0.15) is 0 Å². The molecule has 0 spiro atoms. The second kappa shape index (κ2) is 6.08. The van der Waals surface area contributed by atoms with E-state index in [2.05, 4.69) is 15.0 Å². The van der Waals surface area contributed by atoms with Gasteiger partial charge in [0.25, 0.3) is 0 Å². The lowest BCUT2D eigenvalue weighted by Crippen LogP contribution is -2.38. The summed E-state index contributed by atoms with van der Waals surface area (Å²) >= 11 is 0. The van der Waals surface area contributed by atoms with Gasteiger partial charge in [-0.05, 0) is 25.5 Å². The van der Waals surface area contributed by atoms with Crippen LogP contribution in [0, 0.1) is 6.92 Å². The maximum Gasteiger partial charge on any atom is 0.407 e. The maximum atomic E-state index is 11.2. The summed E-state index contributed by atoms with van der Waals surface area (Å²) in [6.07, 6.45) is 0.510. The molecule has 1 aliphatic rings. The van der Waals surface area contributed by atoms with E-state index in [1.165, 1.54) is 7.11 Å². The van der Waals surface area contributed by atoms with Crippen molar-refractivity contribution in [3.8, 4) is 0 Å². The molecule has 0 aromatic carbocycles. The van der Waals surface area contributed by atoms with Crippen LogP contribution in [0.1, 0.15) is 24.0 Å². The smallest absolute Gasteiger partial charge is 0.407 e. The van der Waals surface area contributed by atoms with Crippen molar-refractivity contribution < 1.29 is 13.9 Å². The summed E-state index contributed by atoms with van der Waals surface area (Å²) in [5.41, 5.74) is 5.85. The average molecular weight is 267 g/mol. The standard InChI is InChI=1S/C13H21N3O3/c1-9-3-4-12(19-9)11(7-14)16-6-5-10(8-16)15-13(17)18-2/h3-4,10-11H,5-8,14H2,1-2H3,(H,15,17). The molecule has 2 rings (SSSR count). The number of amides is 1. The Hall–Kier alpha value is -1.53. The number of furan rings is 1. The molecule has 2 atom stereocenters. The molecular weight excluding hydrogens is 246 g/mol. The van der Waals surface area contributed by atoms with Crippen LogP contribution in [-0.4, -0.2) is 43.8 Å². The van der Waals surface area contributed by atoms with E-state index in [0.717, 1.165) is 31.0 Å². The van der Waals surface area contributed by atoms with Crippen molar-refractivity contribution in [2.45, 2.75) is 25.4 Å². The van der Waals surface area contributed by atoms with E-state index in [-0.39, 0.29) is 18.2 Å².